The Bertz CT molecular complexity index is 1090. The van der Waals surface area contributed by atoms with Crippen LogP contribution in [0.1, 0.15) is 70.7 Å². The first kappa shape index (κ1) is 19.0. The van der Waals surface area contributed by atoms with E-state index >= 15 is 0 Å². The smallest absolute Gasteiger partial charge is 0.253 e. The largest absolute Gasteiger partial charge is 0.356 e. The maximum atomic E-state index is 13.1. The van der Waals surface area contributed by atoms with Crippen LogP contribution in [0.15, 0.2) is 41.1 Å². The molecular weight excluding hydrogens is 376 g/mol. The minimum atomic E-state index is 0.0944. The molecule has 3 heterocycles. The Hall–Kier alpha value is -3.02. The van der Waals surface area contributed by atoms with E-state index in [0.29, 0.717) is 18.2 Å². The van der Waals surface area contributed by atoms with Crippen LogP contribution in [-0.4, -0.2) is 39.0 Å². The van der Waals surface area contributed by atoms with E-state index in [1.165, 1.54) is 0 Å². The third-order valence-corrected chi connectivity index (χ3v) is 6.03. The lowest BCUT2D eigenvalue weighted by Crippen LogP contribution is -2.39. The first-order valence-corrected chi connectivity index (χ1v) is 10.7. The Morgan fingerprint density at radius 3 is 2.73 bits per heavy atom. The van der Waals surface area contributed by atoms with Gasteiger partial charge in [-0.1, -0.05) is 22.9 Å². The summed E-state index contributed by atoms with van der Waals surface area (Å²) >= 11 is 0. The predicted octanol–water partition coefficient (Wildman–Crippen LogP) is 4.65. The fourth-order valence-electron chi connectivity index (χ4n) is 4.28. The second-order valence-corrected chi connectivity index (χ2v) is 8.59. The van der Waals surface area contributed by atoms with Crippen molar-refractivity contribution in [2.24, 2.45) is 0 Å². The Labute approximate surface area is 176 Å². The Morgan fingerprint density at radius 1 is 1.13 bits per heavy atom. The maximum Gasteiger partial charge on any atom is 0.253 e. The molecule has 0 N–H and O–H groups in total. The summed E-state index contributed by atoms with van der Waals surface area (Å²) < 4.78 is 5.54. The SMILES string of the molecule is Cc1cccc(C(=O)N2CCCC(c3nc(C4CC4)ncc3-c3cc(C)no3)C2)c1. The Balaban J connectivity index is 1.46. The first-order valence-electron chi connectivity index (χ1n) is 10.7. The maximum absolute atomic E-state index is 13.1. The number of benzene rings is 1. The molecule has 1 aliphatic heterocycles. The molecule has 6 nitrogen and oxygen atoms in total. The van der Waals surface area contributed by atoms with Gasteiger partial charge in [0.05, 0.1) is 17.0 Å². The number of hydrogen-bond donors (Lipinski definition) is 0. The van der Waals surface area contributed by atoms with Crippen LogP contribution in [0, 0.1) is 13.8 Å². The number of carbonyl (C=O) groups is 1. The van der Waals surface area contributed by atoms with E-state index in [1.807, 2.05) is 55.3 Å². The van der Waals surface area contributed by atoms with Gasteiger partial charge in [0.25, 0.3) is 5.91 Å². The van der Waals surface area contributed by atoms with Gasteiger partial charge in [-0.25, -0.2) is 9.97 Å². The van der Waals surface area contributed by atoms with Crippen LogP contribution in [0.5, 0.6) is 0 Å². The third-order valence-electron chi connectivity index (χ3n) is 6.03. The highest BCUT2D eigenvalue weighted by Crippen LogP contribution is 2.40. The van der Waals surface area contributed by atoms with Crippen molar-refractivity contribution in [1.82, 2.24) is 20.0 Å². The highest BCUT2D eigenvalue weighted by Gasteiger charge is 2.32. The molecule has 1 aromatic carbocycles. The van der Waals surface area contributed by atoms with Crippen molar-refractivity contribution in [1.29, 1.82) is 0 Å². The lowest BCUT2D eigenvalue weighted by Gasteiger charge is -2.33. The molecule has 1 saturated heterocycles. The van der Waals surface area contributed by atoms with Gasteiger partial charge in [-0.3, -0.25) is 4.79 Å². The van der Waals surface area contributed by atoms with Gasteiger partial charge in [-0.15, -0.1) is 0 Å². The molecule has 3 aromatic rings. The molecule has 1 aliphatic carbocycles. The van der Waals surface area contributed by atoms with Crippen LogP contribution in [0.25, 0.3) is 11.3 Å². The molecular formula is C24H26N4O2. The van der Waals surface area contributed by atoms with Crippen LogP contribution in [0.4, 0.5) is 0 Å². The summed E-state index contributed by atoms with van der Waals surface area (Å²) in [7, 11) is 0. The van der Waals surface area contributed by atoms with Crippen molar-refractivity contribution in [3.8, 4) is 11.3 Å². The van der Waals surface area contributed by atoms with Crippen molar-refractivity contribution in [2.45, 2.75) is 51.4 Å². The fraction of sp³-hybridized carbons (Fsp3) is 0.417. The molecule has 1 unspecified atom stereocenters. The number of carbonyl (C=O) groups excluding carboxylic acids is 1. The second-order valence-electron chi connectivity index (χ2n) is 8.59. The normalized spacial score (nSPS) is 19.1. The molecule has 2 fully saturated rings. The summed E-state index contributed by atoms with van der Waals surface area (Å²) in [4.78, 5) is 24.7. The molecule has 1 saturated carbocycles. The summed E-state index contributed by atoms with van der Waals surface area (Å²) in [5.41, 5.74) is 4.58. The monoisotopic (exact) mass is 402 g/mol. The number of aryl methyl sites for hydroxylation is 2. The molecule has 2 aromatic heterocycles. The van der Waals surface area contributed by atoms with Gasteiger partial charge in [0.15, 0.2) is 5.76 Å². The average molecular weight is 402 g/mol. The van der Waals surface area contributed by atoms with Gasteiger partial charge in [-0.2, -0.15) is 0 Å². The number of amides is 1. The van der Waals surface area contributed by atoms with E-state index < -0.39 is 0 Å². The fourth-order valence-corrected chi connectivity index (χ4v) is 4.28. The van der Waals surface area contributed by atoms with Crippen molar-refractivity contribution in [3.05, 3.63) is 64.9 Å². The predicted molar refractivity (Wildman–Crippen MR) is 113 cm³/mol. The van der Waals surface area contributed by atoms with Gasteiger partial charge in [0, 0.05) is 42.8 Å². The minimum absolute atomic E-state index is 0.0944. The summed E-state index contributed by atoms with van der Waals surface area (Å²) in [6.45, 7) is 5.37. The van der Waals surface area contributed by atoms with Crippen molar-refractivity contribution in [2.75, 3.05) is 13.1 Å². The number of piperidine rings is 1. The topological polar surface area (TPSA) is 72.1 Å². The van der Waals surface area contributed by atoms with Crippen LogP contribution < -0.4 is 0 Å². The third kappa shape index (κ3) is 3.74. The van der Waals surface area contributed by atoms with E-state index in [0.717, 1.165) is 66.1 Å². The molecule has 30 heavy (non-hydrogen) atoms. The zero-order valence-corrected chi connectivity index (χ0v) is 17.5. The van der Waals surface area contributed by atoms with E-state index in [2.05, 4.69) is 10.1 Å². The van der Waals surface area contributed by atoms with E-state index in [9.17, 15) is 4.79 Å². The van der Waals surface area contributed by atoms with E-state index in [1.54, 1.807) is 0 Å². The van der Waals surface area contributed by atoms with Gasteiger partial charge < -0.3 is 9.42 Å². The van der Waals surface area contributed by atoms with Crippen LogP contribution in [0.2, 0.25) is 0 Å². The molecule has 0 bridgehead atoms. The van der Waals surface area contributed by atoms with Gasteiger partial charge in [0.1, 0.15) is 5.82 Å². The Kier molecular flexibility index (Phi) is 4.85. The molecule has 2 aliphatic rings. The molecule has 154 valence electrons. The van der Waals surface area contributed by atoms with Gasteiger partial charge in [-0.05, 0) is 51.7 Å². The number of rotatable bonds is 4. The van der Waals surface area contributed by atoms with Crippen LogP contribution in [-0.2, 0) is 0 Å². The number of nitrogens with zero attached hydrogens (tertiary/aromatic N) is 4. The molecule has 1 atom stereocenters. The molecule has 5 rings (SSSR count). The molecule has 1 amide bonds. The van der Waals surface area contributed by atoms with E-state index in [-0.39, 0.29) is 11.8 Å². The van der Waals surface area contributed by atoms with Crippen LogP contribution in [0.3, 0.4) is 0 Å². The van der Waals surface area contributed by atoms with Crippen LogP contribution >= 0.6 is 0 Å². The van der Waals surface area contributed by atoms with Crippen molar-refractivity contribution in [3.63, 3.8) is 0 Å². The lowest BCUT2D eigenvalue weighted by atomic mass is 9.90. The van der Waals surface area contributed by atoms with Crippen molar-refractivity contribution >= 4 is 5.91 Å². The zero-order valence-electron chi connectivity index (χ0n) is 17.5. The summed E-state index contributed by atoms with van der Waals surface area (Å²) in [6, 6.07) is 9.75. The first-order chi connectivity index (χ1) is 14.6. The van der Waals surface area contributed by atoms with E-state index in [4.69, 9.17) is 9.51 Å². The minimum Gasteiger partial charge on any atom is -0.356 e. The average Bonchev–Trinajstić information content (AvgIpc) is 3.53. The number of aromatic nitrogens is 3. The highest BCUT2D eigenvalue weighted by atomic mass is 16.5. The van der Waals surface area contributed by atoms with Crippen molar-refractivity contribution < 1.29 is 9.32 Å². The standard InChI is InChI=1S/C24H26N4O2/c1-15-5-3-6-18(11-15)24(29)28-10-4-7-19(14-28)22-20(21-12-16(2)27-30-21)13-25-23(26-22)17-8-9-17/h3,5-6,11-13,17,19H,4,7-10,14H2,1-2H3. The molecule has 0 spiro atoms. The summed E-state index contributed by atoms with van der Waals surface area (Å²) in [6.07, 6.45) is 6.15. The molecule has 0 radical (unpaired) electrons. The quantitative estimate of drug-likeness (QED) is 0.635. The zero-order chi connectivity index (χ0) is 20.7. The number of likely N-dealkylation sites (tertiary alicyclic amines) is 1. The molecule has 6 heteroatoms. The summed E-state index contributed by atoms with van der Waals surface area (Å²) in [5.74, 6) is 2.35. The number of hydrogen-bond acceptors (Lipinski definition) is 5. The van der Waals surface area contributed by atoms with Gasteiger partial charge >= 0.3 is 0 Å². The Morgan fingerprint density at radius 2 is 2.00 bits per heavy atom. The second kappa shape index (κ2) is 7.67. The highest BCUT2D eigenvalue weighted by molar-refractivity contribution is 5.94. The summed E-state index contributed by atoms with van der Waals surface area (Å²) in [5, 5.41) is 4.05. The lowest BCUT2D eigenvalue weighted by molar-refractivity contribution is 0.0706. The van der Waals surface area contributed by atoms with Gasteiger partial charge in [0.2, 0.25) is 0 Å².